The molecular formula is C15H20N4OS. The molecule has 2 aromatic heterocycles. The van der Waals surface area contributed by atoms with Gasteiger partial charge in [0.05, 0.1) is 16.8 Å². The second-order valence-electron chi connectivity index (χ2n) is 5.58. The van der Waals surface area contributed by atoms with E-state index in [2.05, 4.69) is 27.2 Å². The topological polar surface area (TPSA) is 70.9 Å². The standard InChI is InChI=1S/C15H20N4OS/c1-9-10(2)21-15(19-9)3-4-16-14-7-13(17-8-18-14)11-5-12(20)6-11/h7-8,11-12,20H,3-6H2,1-2H3,(H,16,17,18). The second-order valence-corrected chi connectivity index (χ2v) is 6.86. The molecule has 0 aromatic carbocycles. The SMILES string of the molecule is Cc1nc(CCNc2cc(C3CC(O)C3)ncn2)sc1C. The summed E-state index contributed by atoms with van der Waals surface area (Å²) in [6.07, 6.45) is 3.97. The van der Waals surface area contributed by atoms with Gasteiger partial charge >= 0.3 is 0 Å². The van der Waals surface area contributed by atoms with Gasteiger partial charge in [0, 0.05) is 35.5 Å². The maximum absolute atomic E-state index is 9.38. The van der Waals surface area contributed by atoms with Gasteiger partial charge in [0.25, 0.3) is 0 Å². The van der Waals surface area contributed by atoms with E-state index in [1.807, 2.05) is 13.0 Å². The Bertz CT molecular complexity index is 602. The van der Waals surface area contributed by atoms with Gasteiger partial charge in [-0.2, -0.15) is 0 Å². The van der Waals surface area contributed by atoms with Crippen LogP contribution in [0.3, 0.4) is 0 Å². The first kappa shape index (κ1) is 14.4. The number of aliphatic hydroxyl groups excluding tert-OH is 1. The minimum atomic E-state index is -0.155. The summed E-state index contributed by atoms with van der Waals surface area (Å²) in [4.78, 5) is 14.4. The highest BCUT2D eigenvalue weighted by molar-refractivity contribution is 7.11. The third-order valence-corrected chi connectivity index (χ3v) is 5.07. The lowest BCUT2D eigenvalue weighted by molar-refractivity contribution is 0.0732. The summed E-state index contributed by atoms with van der Waals surface area (Å²) in [5.74, 6) is 1.24. The molecule has 3 rings (SSSR count). The summed E-state index contributed by atoms with van der Waals surface area (Å²) in [5.41, 5.74) is 2.15. The maximum Gasteiger partial charge on any atom is 0.129 e. The van der Waals surface area contributed by atoms with Gasteiger partial charge in [-0.25, -0.2) is 15.0 Å². The van der Waals surface area contributed by atoms with Crippen LogP contribution >= 0.6 is 11.3 Å². The number of aromatic nitrogens is 3. The van der Waals surface area contributed by atoms with E-state index in [0.717, 1.165) is 48.0 Å². The van der Waals surface area contributed by atoms with E-state index in [1.165, 1.54) is 4.88 Å². The van der Waals surface area contributed by atoms with E-state index >= 15 is 0 Å². The molecule has 0 aliphatic heterocycles. The number of nitrogens with zero attached hydrogens (tertiary/aromatic N) is 3. The molecule has 2 aromatic rings. The van der Waals surface area contributed by atoms with Crippen molar-refractivity contribution < 1.29 is 5.11 Å². The van der Waals surface area contributed by atoms with E-state index in [4.69, 9.17) is 0 Å². The Balaban J connectivity index is 1.54. The third-order valence-electron chi connectivity index (χ3n) is 3.94. The Hall–Kier alpha value is -1.53. The minimum Gasteiger partial charge on any atom is -0.393 e. The smallest absolute Gasteiger partial charge is 0.129 e. The number of hydrogen-bond donors (Lipinski definition) is 2. The van der Waals surface area contributed by atoms with Crippen molar-refractivity contribution in [2.75, 3.05) is 11.9 Å². The zero-order chi connectivity index (χ0) is 14.8. The Morgan fingerprint density at radius 1 is 1.33 bits per heavy atom. The molecule has 1 aliphatic rings. The Labute approximate surface area is 128 Å². The van der Waals surface area contributed by atoms with E-state index in [-0.39, 0.29) is 6.10 Å². The summed E-state index contributed by atoms with van der Waals surface area (Å²) in [6, 6.07) is 1.99. The number of rotatable bonds is 5. The summed E-state index contributed by atoms with van der Waals surface area (Å²) in [6.45, 7) is 4.97. The quantitative estimate of drug-likeness (QED) is 0.888. The molecule has 1 aliphatic carbocycles. The van der Waals surface area contributed by atoms with Crippen LogP contribution < -0.4 is 5.32 Å². The maximum atomic E-state index is 9.38. The number of thiazole rings is 1. The minimum absolute atomic E-state index is 0.155. The van der Waals surface area contributed by atoms with Crippen molar-refractivity contribution >= 4 is 17.2 Å². The molecular weight excluding hydrogens is 284 g/mol. The highest BCUT2D eigenvalue weighted by Gasteiger charge is 2.29. The molecule has 0 spiro atoms. The lowest BCUT2D eigenvalue weighted by Gasteiger charge is -2.30. The van der Waals surface area contributed by atoms with E-state index in [0.29, 0.717) is 5.92 Å². The largest absolute Gasteiger partial charge is 0.393 e. The zero-order valence-corrected chi connectivity index (χ0v) is 13.2. The van der Waals surface area contributed by atoms with E-state index in [9.17, 15) is 5.11 Å². The number of nitrogens with one attached hydrogen (secondary N) is 1. The first-order valence-corrected chi connectivity index (χ1v) is 8.10. The summed E-state index contributed by atoms with van der Waals surface area (Å²) in [5, 5.41) is 13.9. The fourth-order valence-corrected chi connectivity index (χ4v) is 3.40. The molecule has 1 fully saturated rings. The van der Waals surface area contributed by atoms with E-state index in [1.54, 1.807) is 17.7 Å². The fourth-order valence-electron chi connectivity index (χ4n) is 2.47. The van der Waals surface area contributed by atoms with Crippen LogP contribution in [0.1, 0.15) is 40.0 Å². The fraction of sp³-hybridized carbons (Fsp3) is 0.533. The molecule has 0 radical (unpaired) electrons. The lowest BCUT2D eigenvalue weighted by Crippen LogP contribution is -2.27. The second kappa shape index (κ2) is 6.07. The van der Waals surface area contributed by atoms with Crippen LogP contribution in [-0.4, -0.2) is 32.7 Å². The molecule has 0 amide bonds. The van der Waals surface area contributed by atoms with Crippen LogP contribution in [0.25, 0.3) is 0 Å². The number of hydrogen-bond acceptors (Lipinski definition) is 6. The lowest BCUT2D eigenvalue weighted by atomic mass is 9.80. The van der Waals surface area contributed by atoms with Crippen LogP contribution in [0, 0.1) is 13.8 Å². The van der Waals surface area contributed by atoms with Crippen molar-refractivity contribution in [1.29, 1.82) is 0 Å². The van der Waals surface area contributed by atoms with Gasteiger partial charge in [0.1, 0.15) is 12.1 Å². The van der Waals surface area contributed by atoms with Crippen molar-refractivity contribution in [2.24, 2.45) is 0 Å². The van der Waals surface area contributed by atoms with Crippen LogP contribution in [-0.2, 0) is 6.42 Å². The van der Waals surface area contributed by atoms with Crippen LogP contribution in [0.4, 0.5) is 5.82 Å². The molecule has 6 heteroatoms. The molecule has 0 atom stereocenters. The van der Waals surface area contributed by atoms with Crippen molar-refractivity contribution in [1.82, 2.24) is 15.0 Å². The zero-order valence-electron chi connectivity index (χ0n) is 12.3. The summed E-state index contributed by atoms with van der Waals surface area (Å²) < 4.78 is 0. The average Bonchev–Trinajstić information content (AvgIpc) is 2.74. The van der Waals surface area contributed by atoms with Gasteiger partial charge in [-0.15, -0.1) is 11.3 Å². The molecule has 21 heavy (non-hydrogen) atoms. The molecule has 112 valence electrons. The number of aryl methyl sites for hydroxylation is 2. The highest BCUT2D eigenvalue weighted by atomic mass is 32.1. The van der Waals surface area contributed by atoms with Gasteiger partial charge < -0.3 is 10.4 Å². The average molecular weight is 304 g/mol. The van der Waals surface area contributed by atoms with Crippen molar-refractivity contribution in [3.8, 4) is 0 Å². The Morgan fingerprint density at radius 2 is 2.14 bits per heavy atom. The summed E-state index contributed by atoms with van der Waals surface area (Å²) >= 11 is 1.76. The van der Waals surface area contributed by atoms with Gasteiger partial charge in [0.2, 0.25) is 0 Å². The third kappa shape index (κ3) is 3.39. The molecule has 0 saturated heterocycles. The summed E-state index contributed by atoms with van der Waals surface area (Å²) in [7, 11) is 0. The van der Waals surface area contributed by atoms with Gasteiger partial charge in [0.15, 0.2) is 0 Å². The predicted molar refractivity (Wildman–Crippen MR) is 83.8 cm³/mol. The van der Waals surface area contributed by atoms with Crippen molar-refractivity contribution in [3.63, 3.8) is 0 Å². The normalized spacial score (nSPS) is 21.1. The first-order chi connectivity index (χ1) is 10.1. The van der Waals surface area contributed by atoms with Gasteiger partial charge in [-0.3, -0.25) is 0 Å². The Kier molecular flexibility index (Phi) is 4.17. The predicted octanol–water partition coefficient (Wildman–Crippen LogP) is 2.44. The number of aliphatic hydroxyl groups is 1. The molecule has 5 nitrogen and oxygen atoms in total. The van der Waals surface area contributed by atoms with Crippen molar-refractivity contribution in [3.05, 3.63) is 33.7 Å². The molecule has 2 N–H and O–H groups in total. The molecule has 1 saturated carbocycles. The number of anilines is 1. The van der Waals surface area contributed by atoms with Crippen molar-refractivity contribution in [2.45, 2.75) is 45.1 Å². The van der Waals surface area contributed by atoms with Crippen LogP contribution in [0.5, 0.6) is 0 Å². The Morgan fingerprint density at radius 3 is 2.81 bits per heavy atom. The van der Waals surface area contributed by atoms with Crippen LogP contribution in [0.15, 0.2) is 12.4 Å². The first-order valence-electron chi connectivity index (χ1n) is 7.28. The van der Waals surface area contributed by atoms with Crippen LogP contribution in [0.2, 0.25) is 0 Å². The highest BCUT2D eigenvalue weighted by Crippen LogP contribution is 2.35. The van der Waals surface area contributed by atoms with E-state index < -0.39 is 0 Å². The molecule has 0 unspecified atom stereocenters. The molecule has 2 heterocycles. The van der Waals surface area contributed by atoms with Gasteiger partial charge in [-0.1, -0.05) is 0 Å². The van der Waals surface area contributed by atoms with Gasteiger partial charge in [-0.05, 0) is 26.7 Å². The monoisotopic (exact) mass is 304 g/mol. The molecule has 0 bridgehead atoms.